The van der Waals surface area contributed by atoms with Crippen LogP contribution >= 0.6 is 0 Å². The average Bonchev–Trinajstić information content (AvgIpc) is 1.27. The lowest BCUT2D eigenvalue weighted by Gasteiger charge is -2.34. The number of aromatic nitrogens is 10. The monoisotopic (exact) mass is 1270 g/mol. The Bertz CT molecular complexity index is 5260. The van der Waals surface area contributed by atoms with Crippen molar-refractivity contribution >= 4 is 50.6 Å². The van der Waals surface area contributed by atoms with Gasteiger partial charge in [-0.25, -0.2) is 44.9 Å². The zero-order valence-corrected chi connectivity index (χ0v) is 54.0. The van der Waals surface area contributed by atoms with Crippen molar-refractivity contribution in [2.45, 2.75) is 0 Å². The normalized spacial score (nSPS) is 11.5. The van der Waals surface area contributed by atoms with Gasteiger partial charge in [0.1, 0.15) is 0 Å². The maximum Gasteiger partial charge on any atom is 0.179 e. The first-order chi connectivity index (χ1) is 48.6. The fraction of sp³-hybridized carbons (Fsp3) is 0. The number of hydrogen-bond acceptors (Lipinski definition) is 9. The van der Waals surface area contributed by atoms with E-state index in [1.807, 2.05) is 182 Å². The quantitative estimate of drug-likeness (QED) is 0.0730. The summed E-state index contributed by atoms with van der Waals surface area (Å²) in [6.07, 6.45) is 0. The van der Waals surface area contributed by atoms with Crippen LogP contribution in [-0.4, -0.2) is 57.5 Å². The molecule has 4 aromatic heterocycles. The molecule has 0 unspecified atom stereocenters. The van der Waals surface area contributed by atoms with Crippen LogP contribution in [0.5, 0.6) is 0 Å². The van der Waals surface area contributed by atoms with Gasteiger partial charge < -0.3 is 4.57 Å². The molecule has 0 saturated heterocycles. The summed E-state index contributed by atoms with van der Waals surface area (Å²) < 4.78 is 2.36. The van der Waals surface area contributed by atoms with E-state index >= 15 is 0 Å². The van der Waals surface area contributed by atoms with Crippen LogP contribution in [0.2, 0.25) is 0 Å². The predicted octanol–water partition coefficient (Wildman–Crippen LogP) is 17.4. The topological polar surface area (TPSA) is 121 Å². The van der Waals surface area contributed by atoms with E-state index in [2.05, 4.69) is 174 Å². The summed E-state index contributed by atoms with van der Waals surface area (Å²) in [5.74, 6) is 4.90. The van der Waals surface area contributed by atoms with Crippen LogP contribution in [-0.2, 0) is 0 Å². The van der Waals surface area contributed by atoms with Gasteiger partial charge in [0.2, 0.25) is 0 Å². The van der Waals surface area contributed by atoms with Gasteiger partial charge in [0.15, 0.2) is 60.5 Å². The minimum atomic E-state index is -2.99. The van der Waals surface area contributed by atoms with Crippen molar-refractivity contribution in [2.24, 2.45) is 0 Å². The van der Waals surface area contributed by atoms with Crippen molar-refractivity contribution in [1.29, 1.82) is 0 Å². The van der Waals surface area contributed by atoms with E-state index in [1.165, 1.54) is 20.7 Å². The molecule has 98 heavy (non-hydrogen) atoms. The lowest BCUT2D eigenvalue weighted by atomic mass is 10.0. The summed E-state index contributed by atoms with van der Waals surface area (Å²) in [5.41, 5.74) is 12.2. The number of hydrogen-bond donors (Lipinski definition) is 0. The van der Waals surface area contributed by atoms with Gasteiger partial charge in [-0.15, -0.1) is 0 Å². The maximum atomic E-state index is 5.48. The first kappa shape index (κ1) is 58.7. The predicted molar refractivity (Wildman–Crippen MR) is 399 cm³/mol. The molecule has 11 heteroatoms. The van der Waals surface area contributed by atoms with Gasteiger partial charge in [0.05, 0.1) is 16.7 Å². The molecule has 4 heterocycles. The Balaban J connectivity index is 0.966. The van der Waals surface area contributed by atoms with Crippen LogP contribution in [0.25, 0.3) is 141 Å². The van der Waals surface area contributed by atoms with Crippen LogP contribution < -0.4 is 20.7 Å². The highest BCUT2D eigenvalue weighted by Gasteiger charge is 2.41. The van der Waals surface area contributed by atoms with Crippen LogP contribution in [0.1, 0.15) is 0 Å². The van der Waals surface area contributed by atoms with Crippen LogP contribution in [0.4, 0.5) is 0 Å². The molecule has 0 aliphatic heterocycles. The SMILES string of the molecule is c1ccc(-c2nc(-c3ccccc3)nc(-c3ccc4c5ccc(-c6nc(-c7ccccc7)nc(-c7ccccc7)n6)cc5n(-c5cc(-c6cccc([Si](c7ccccc7)(c7ccccc7)c7ccccc7)c6)ccc5-c5nc(-c6ccccc6)nc(-c6ccccc6)n5)c4c3)n2)cc1. The number of nitrogens with zero attached hydrogens (tertiary/aromatic N) is 10. The second kappa shape index (κ2) is 25.7. The van der Waals surface area contributed by atoms with Gasteiger partial charge in [-0.2, -0.15) is 0 Å². The summed E-state index contributed by atoms with van der Waals surface area (Å²) >= 11 is 0. The summed E-state index contributed by atoms with van der Waals surface area (Å²) in [4.78, 5) is 47.6. The van der Waals surface area contributed by atoms with Gasteiger partial charge in [-0.1, -0.05) is 328 Å². The number of fused-ring (bicyclic) bond motifs is 3. The third-order valence-corrected chi connectivity index (χ3v) is 22.9. The first-order valence-electron chi connectivity index (χ1n) is 32.7. The van der Waals surface area contributed by atoms with Crippen molar-refractivity contribution in [1.82, 2.24) is 49.4 Å². The molecule has 17 rings (SSSR count). The molecule has 0 spiro atoms. The van der Waals surface area contributed by atoms with Gasteiger partial charge in [0.25, 0.3) is 0 Å². The molecule has 0 bridgehead atoms. The lowest BCUT2D eigenvalue weighted by molar-refractivity contribution is 1.06. The van der Waals surface area contributed by atoms with E-state index in [0.29, 0.717) is 52.4 Å². The second-order valence-corrected chi connectivity index (χ2v) is 27.9. The molecular weight excluding hydrogens is 1210 g/mol. The Labute approximate surface area is 567 Å². The van der Waals surface area contributed by atoms with Crippen molar-refractivity contribution in [2.75, 3.05) is 0 Å². The second-order valence-electron chi connectivity index (χ2n) is 24.1. The highest BCUT2D eigenvalue weighted by atomic mass is 28.3. The van der Waals surface area contributed by atoms with E-state index in [-0.39, 0.29) is 0 Å². The third-order valence-electron chi connectivity index (χ3n) is 18.1. The van der Waals surface area contributed by atoms with Crippen LogP contribution in [0, 0.1) is 0 Å². The molecule has 0 radical (unpaired) electrons. The molecule has 13 aromatic carbocycles. The molecule has 0 aliphatic rings. The Morgan fingerprint density at radius 3 is 0.765 bits per heavy atom. The van der Waals surface area contributed by atoms with Crippen molar-refractivity contribution in [3.63, 3.8) is 0 Å². The molecule has 460 valence electrons. The summed E-state index contributed by atoms with van der Waals surface area (Å²) in [6, 6.07) is 123. The Morgan fingerprint density at radius 2 is 0.439 bits per heavy atom. The minimum absolute atomic E-state index is 0.494. The Hall–Kier alpha value is -13.1. The zero-order valence-electron chi connectivity index (χ0n) is 53.0. The summed E-state index contributed by atoms with van der Waals surface area (Å²) in [7, 11) is -2.99. The molecule has 0 fully saturated rings. The fourth-order valence-electron chi connectivity index (χ4n) is 13.4. The maximum absolute atomic E-state index is 5.48. The standard InChI is InChI=1S/C87H58N10Si/c1-10-29-59(30-11-1)79-88-80(60-31-12-2-13-32-60)92-85(91-79)67-50-52-73-74-53-51-68(86-93-81(61-33-14-3-15-34-61)89-82(94-86)62-35-16-4-17-36-62)58-77(74)97(76(73)57-67)78-56-66(49-54-75(78)87-95-83(63-37-18-5-19-38-63)90-84(96-87)64-39-20-6-21-40-64)65-41-28-48-72(55-65)98(69-42-22-7-23-43-69,70-44-24-8-25-45-70)71-46-26-9-27-47-71/h1-58H. The molecule has 0 N–H and O–H groups in total. The highest BCUT2D eigenvalue weighted by Crippen LogP contribution is 2.42. The molecule has 17 aromatic rings. The van der Waals surface area contributed by atoms with Gasteiger partial charge in [0, 0.05) is 60.8 Å². The first-order valence-corrected chi connectivity index (χ1v) is 34.7. The Morgan fingerprint density at radius 1 is 0.184 bits per heavy atom. The van der Waals surface area contributed by atoms with Crippen LogP contribution in [0.15, 0.2) is 352 Å². The Kier molecular flexibility index (Phi) is 15.4. The van der Waals surface area contributed by atoms with Gasteiger partial charge >= 0.3 is 0 Å². The fourth-order valence-corrected chi connectivity index (χ4v) is 18.2. The van der Waals surface area contributed by atoms with Crippen molar-refractivity contribution in [3.05, 3.63) is 352 Å². The van der Waals surface area contributed by atoms with Crippen LogP contribution in [0.3, 0.4) is 0 Å². The smallest absolute Gasteiger partial charge is 0.179 e. The van der Waals surface area contributed by atoms with E-state index < -0.39 is 8.07 Å². The van der Waals surface area contributed by atoms with Crippen molar-refractivity contribution in [3.8, 4) is 119 Å². The molecular formula is C87H58N10Si. The average molecular weight is 1270 g/mol. The van der Waals surface area contributed by atoms with Crippen molar-refractivity contribution < 1.29 is 0 Å². The van der Waals surface area contributed by atoms with E-state index in [1.54, 1.807) is 0 Å². The summed E-state index contributed by atoms with van der Waals surface area (Å²) in [6.45, 7) is 0. The molecule has 0 aliphatic carbocycles. The third kappa shape index (κ3) is 11.1. The highest BCUT2D eigenvalue weighted by molar-refractivity contribution is 7.20. The van der Waals surface area contributed by atoms with E-state index in [0.717, 1.165) is 88.7 Å². The zero-order chi connectivity index (χ0) is 65.2. The number of rotatable bonds is 15. The lowest BCUT2D eigenvalue weighted by Crippen LogP contribution is -2.74. The van der Waals surface area contributed by atoms with E-state index in [9.17, 15) is 0 Å². The summed E-state index contributed by atoms with van der Waals surface area (Å²) in [5, 5.41) is 7.10. The van der Waals surface area contributed by atoms with Gasteiger partial charge in [-0.05, 0) is 56.1 Å². The van der Waals surface area contributed by atoms with E-state index in [4.69, 9.17) is 44.9 Å². The molecule has 10 nitrogen and oxygen atoms in total. The minimum Gasteiger partial charge on any atom is -0.308 e. The number of benzene rings is 13. The van der Waals surface area contributed by atoms with Gasteiger partial charge in [-0.3, -0.25) is 0 Å². The molecule has 0 atom stereocenters. The molecule has 0 saturated carbocycles. The molecule has 0 amide bonds. The largest absolute Gasteiger partial charge is 0.308 e.